The maximum absolute atomic E-state index is 13.5. The minimum absolute atomic E-state index is 0.0666. The van der Waals surface area contributed by atoms with Crippen LogP contribution in [0.25, 0.3) is 10.2 Å². The van der Waals surface area contributed by atoms with E-state index in [1.54, 1.807) is 34.2 Å². The van der Waals surface area contributed by atoms with Crippen LogP contribution in [0, 0.1) is 13.8 Å². The van der Waals surface area contributed by atoms with E-state index in [0.717, 1.165) is 32.1 Å². The van der Waals surface area contributed by atoms with Crippen molar-refractivity contribution in [1.82, 2.24) is 9.97 Å². The molecule has 1 amide bonds. The molecule has 0 bridgehead atoms. The summed E-state index contributed by atoms with van der Waals surface area (Å²) in [5, 5.41) is 0.699. The minimum atomic E-state index is -0.0666. The average Bonchev–Trinajstić information content (AvgIpc) is 3.22. The number of hydrogen-bond acceptors (Lipinski definition) is 5. The molecule has 0 N–H and O–H groups in total. The summed E-state index contributed by atoms with van der Waals surface area (Å²) in [4.78, 5) is 25.7. The normalized spacial score (nSPS) is 11.0. The molecule has 0 unspecified atom stereocenters. The zero-order chi connectivity index (χ0) is 21.1. The molecule has 4 aromatic rings. The van der Waals surface area contributed by atoms with Crippen molar-refractivity contribution in [2.24, 2.45) is 0 Å². The molecule has 0 radical (unpaired) electrons. The van der Waals surface area contributed by atoms with Crippen molar-refractivity contribution < 1.29 is 4.79 Å². The van der Waals surface area contributed by atoms with Crippen molar-refractivity contribution in [2.45, 2.75) is 32.2 Å². The van der Waals surface area contributed by atoms with Crippen LogP contribution in [0.3, 0.4) is 0 Å². The molecule has 152 valence electrons. The molecule has 30 heavy (non-hydrogen) atoms. The van der Waals surface area contributed by atoms with E-state index in [1.165, 1.54) is 5.56 Å². The lowest BCUT2D eigenvalue weighted by atomic mass is 10.1. The summed E-state index contributed by atoms with van der Waals surface area (Å²) in [6, 6.07) is 17.7. The van der Waals surface area contributed by atoms with Gasteiger partial charge in [0.2, 0.25) is 0 Å². The number of rotatable bonds is 6. The predicted octanol–water partition coefficient (Wildman–Crippen LogP) is 6.27. The van der Waals surface area contributed by atoms with E-state index in [1.807, 2.05) is 42.5 Å². The Morgan fingerprint density at radius 3 is 2.47 bits per heavy atom. The van der Waals surface area contributed by atoms with Crippen LogP contribution in [0.1, 0.15) is 34.1 Å². The van der Waals surface area contributed by atoms with Crippen molar-refractivity contribution in [3.05, 3.63) is 83.2 Å². The van der Waals surface area contributed by atoms with E-state index in [9.17, 15) is 4.79 Å². The summed E-state index contributed by atoms with van der Waals surface area (Å²) in [6.45, 7) is 6.64. The molecule has 4 rings (SSSR count). The molecule has 0 atom stereocenters. The number of aryl methyl sites for hydroxylation is 2. The van der Waals surface area contributed by atoms with Gasteiger partial charge in [-0.25, -0.2) is 4.98 Å². The highest BCUT2D eigenvalue weighted by atomic mass is 32.2. The summed E-state index contributed by atoms with van der Waals surface area (Å²) in [7, 11) is 0. The van der Waals surface area contributed by atoms with Crippen molar-refractivity contribution in [2.75, 3.05) is 10.7 Å². The zero-order valence-corrected chi connectivity index (χ0v) is 18.9. The van der Waals surface area contributed by atoms with Gasteiger partial charge in [-0.15, -0.1) is 11.8 Å². The van der Waals surface area contributed by atoms with E-state index in [0.29, 0.717) is 17.2 Å². The van der Waals surface area contributed by atoms with Gasteiger partial charge in [-0.2, -0.15) is 0 Å². The second-order valence-corrected chi connectivity index (χ2v) is 9.36. The van der Waals surface area contributed by atoms with E-state index < -0.39 is 0 Å². The first kappa shape index (κ1) is 20.6. The van der Waals surface area contributed by atoms with Crippen molar-refractivity contribution >= 4 is 44.4 Å². The van der Waals surface area contributed by atoms with E-state index in [-0.39, 0.29) is 5.91 Å². The maximum atomic E-state index is 13.5. The van der Waals surface area contributed by atoms with E-state index in [2.05, 4.69) is 37.9 Å². The number of pyridine rings is 1. The monoisotopic (exact) mass is 433 g/mol. The summed E-state index contributed by atoms with van der Waals surface area (Å²) in [6.07, 6.45) is 1.75. The van der Waals surface area contributed by atoms with Crippen molar-refractivity contribution in [3.63, 3.8) is 0 Å². The van der Waals surface area contributed by atoms with Crippen LogP contribution in [0.5, 0.6) is 0 Å². The number of carbonyl (C=O) groups excluding carboxylic acids is 1. The Kier molecular flexibility index (Phi) is 6.16. The third kappa shape index (κ3) is 4.25. The van der Waals surface area contributed by atoms with Gasteiger partial charge < -0.3 is 0 Å². The fourth-order valence-electron chi connectivity index (χ4n) is 3.26. The molecule has 0 fully saturated rings. The Labute approximate surface area is 185 Å². The summed E-state index contributed by atoms with van der Waals surface area (Å²) < 4.78 is 1.12. The van der Waals surface area contributed by atoms with Crippen LogP contribution in [0.4, 0.5) is 5.13 Å². The number of fused-ring (bicyclic) bond motifs is 1. The fourth-order valence-corrected chi connectivity index (χ4v) is 5.03. The Hall–Kier alpha value is -2.70. The first-order chi connectivity index (χ1) is 14.6. The van der Waals surface area contributed by atoms with Crippen molar-refractivity contribution in [3.8, 4) is 0 Å². The molecular formula is C24H23N3OS2. The number of carbonyl (C=O) groups is 1. The lowest BCUT2D eigenvalue weighted by Crippen LogP contribution is -2.30. The zero-order valence-electron chi connectivity index (χ0n) is 17.3. The van der Waals surface area contributed by atoms with Gasteiger partial charge in [0.05, 0.1) is 22.5 Å². The molecule has 0 spiro atoms. The van der Waals surface area contributed by atoms with E-state index in [4.69, 9.17) is 4.98 Å². The van der Waals surface area contributed by atoms with Gasteiger partial charge >= 0.3 is 0 Å². The molecule has 0 aliphatic rings. The second-order valence-electron chi connectivity index (χ2n) is 7.04. The molecule has 0 saturated carbocycles. The second kappa shape index (κ2) is 8.98. The molecule has 4 nitrogen and oxygen atoms in total. The summed E-state index contributed by atoms with van der Waals surface area (Å²) in [5.41, 5.74) is 4.73. The third-order valence-electron chi connectivity index (χ3n) is 4.87. The minimum Gasteiger partial charge on any atom is -0.278 e. The highest BCUT2D eigenvalue weighted by Crippen LogP contribution is 2.34. The van der Waals surface area contributed by atoms with Crippen LogP contribution in [0.15, 0.2) is 65.7 Å². The number of amides is 1. The predicted molar refractivity (Wildman–Crippen MR) is 127 cm³/mol. The number of aromatic nitrogens is 2. The van der Waals surface area contributed by atoms with Gasteiger partial charge in [-0.1, -0.05) is 36.5 Å². The maximum Gasteiger partial charge on any atom is 0.260 e. The van der Waals surface area contributed by atoms with Crippen LogP contribution in [0.2, 0.25) is 0 Å². The Morgan fingerprint density at radius 2 is 1.80 bits per heavy atom. The quantitative estimate of drug-likeness (QED) is 0.336. The lowest BCUT2D eigenvalue weighted by Gasteiger charge is -2.19. The van der Waals surface area contributed by atoms with E-state index >= 15 is 0 Å². The Morgan fingerprint density at radius 1 is 1.03 bits per heavy atom. The molecule has 0 aliphatic carbocycles. The number of benzene rings is 2. The summed E-state index contributed by atoms with van der Waals surface area (Å²) in [5.74, 6) is 0.937. The highest BCUT2D eigenvalue weighted by Gasteiger charge is 2.23. The Bertz CT molecular complexity index is 1130. The molecule has 0 saturated heterocycles. The lowest BCUT2D eigenvalue weighted by molar-refractivity contribution is 0.0984. The topological polar surface area (TPSA) is 46.1 Å². The fraction of sp³-hybridized carbons (Fsp3) is 0.208. The van der Waals surface area contributed by atoms with Crippen LogP contribution in [-0.4, -0.2) is 21.6 Å². The van der Waals surface area contributed by atoms with Crippen molar-refractivity contribution in [1.29, 1.82) is 0 Å². The average molecular weight is 434 g/mol. The van der Waals surface area contributed by atoms with Crippen LogP contribution < -0.4 is 4.90 Å². The molecular weight excluding hydrogens is 410 g/mol. The summed E-state index contributed by atoms with van der Waals surface area (Å²) >= 11 is 3.33. The van der Waals surface area contributed by atoms with Crippen LogP contribution >= 0.6 is 23.1 Å². The van der Waals surface area contributed by atoms with Crippen LogP contribution in [-0.2, 0) is 6.54 Å². The highest BCUT2D eigenvalue weighted by molar-refractivity contribution is 7.99. The van der Waals surface area contributed by atoms with Gasteiger partial charge in [0, 0.05) is 16.7 Å². The molecule has 2 heterocycles. The Balaban J connectivity index is 1.75. The smallest absolute Gasteiger partial charge is 0.260 e. The van der Waals surface area contributed by atoms with Gasteiger partial charge in [-0.05, 0) is 67.1 Å². The first-order valence-electron chi connectivity index (χ1n) is 9.88. The van der Waals surface area contributed by atoms with Gasteiger partial charge in [0.25, 0.3) is 5.91 Å². The first-order valence-corrected chi connectivity index (χ1v) is 11.7. The largest absolute Gasteiger partial charge is 0.278 e. The number of nitrogens with zero attached hydrogens (tertiary/aromatic N) is 3. The van der Waals surface area contributed by atoms with Gasteiger partial charge in [0.1, 0.15) is 0 Å². The number of thioether (sulfide) groups is 1. The van der Waals surface area contributed by atoms with Gasteiger partial charge in [-0.3, -0.25) is 14.7 Å². The third-order valence-corrected chi connectivity index (χ3v) is 6.97. The SMILES string of the molecule is CCSc1ccc(C(=O)N(Cc2ccccn2)c2nc3c(C)ccc(C)c3s2)cc1. The van der Waals surface area contributed by atoms with Gasteiger partial charge in [0.15, 0.2) is 5.13 Å². The molecule has 6 heteroatoms. The number of anilines is 1. The number of hydrogen-bond donors (Lipinski definition) is 0. The number of thiazole rings is 1. The molecule has 2 aromatic carbocycles. The standard InChI is InChI=1S/C24H23N3OS2/c1-4-29-20-12-10-18(11-13-20)23(28)27(15-19-7-5-6-14-25-19)24-26-21-16(2)8-9-17(3)22(21)30-24/h5-14H,4,15H2,1-3H3. The molecule has 0 aliphatic heterocycles. The molecule has 2 aromatic heterocycles.